The minimum atomic E-state index is 0.112. The summed E-state index contributed by atoms with van der Waals surface area (Å²) in [5.41, 5.74) is 7.85. The van der Waals surface area contributed by atoms with E-state index in [0.29, 0.717) is 0 Å². The van der Waals surface area contributed by atoms with Gasteiger partial charge in [0.25, 0.3) is 0 Å². The minimum absolute atomic E-state index is 0.112. The summed E-state index contributed by atoms with van der Waals surface area (Å²) < 4.78 is 0. The molecule has 3 heteroatoms. The van der Waals surface area contributed by atoms with Crippen LogP contribution < -0.4 is 0 Å². The fourth-order valence-electron chi connectivity index (χ4n) is 4.85. The molecule has 2 aromatic heterocycles. The lowest BCUT2D eigenvalue weighted by molar-refractivity contribution is 0.104. The van der Waals surface area contributed by atoms with Gasteiger partial charge in [0.1, 0.15) is 0 Å². The number of hydrogen-bond acceptors (Lipinski definition) is 1. The summed E-state index contributed by atoms with van der Waals surface area (Å²) in [7, 11) is 0. The Morgan fingerprint density at radius 3 is 2.11 bits per heavy atom. The summed E-state index contributed by atoms with van der Waals surface area (Å²) in [6, 6.07) is 24.8. The highest BCUT2D eigenvalue weighted by Crippen LogP contribution is 2.44. The molecule has 0 saturated heterocycles. The van der Waals surface area contributed by atoms with E-state index in [1.54, 1.807) is 0 Å². The van der Waals surface area contributed by atoms with Crippen molar-refractivity contribution in [1.82, 2.24) is 9.97 Å². The predicted molar refractivity (Wildman–Crippen MR) is 114 cm³/mol. The van der Waals surface area contributed by atoms with Gasteiger partial charge in [-0.2, -0.15) is 0 Å². The molecule has 130 valence electrons. The Morgan fingerprint density at radius 1 is 0.536 bits per heavy atom. The fourth-order valence-corrected chi connectivity index (χ4v) is 4.85. The van der Waals surface area contributed by atoms with Gasteiger partial charge >= 0.3 is 0 Å². The Kier molecular flexibility index (Phi) is 2.39. The lowest BCUT2D eigenvalue weighted by Crippen LogP contribution is -1.96. The summed E-state index contributed by atoms with van der Waals surface area (Å²) in [4.78, 5) is 20.4. The normalized spacial score (nSPS) is 13.1. The number of fused-ring (bicyclic) bond motifs is 10. The summed E-state index contributed by atoms with van der Waals surface area (Å²) in [5, 5.41) is 4.48. The van der Waals surface area contributed by atoms with Crippen LogP contribution in [0.15, 0.2) is 72.8 Å². The fraction of sp³-hybridized carbons (Fsp3) is 0. The van der Waals surface area contributed by atoms with E-state index in [-0.39, 0.29) is 5.78 Å². The van der Waals surface area contributed by atoms with Gasteiger partial charge in [-0.15, -0.1) is 0 Å². The third-order valence-corrected chi connectivity index (χ3v) is 6.08. The van der Waals surface area contributed by atoms with E-state index >= 15 is 0 Å². The van der Waals surface area contributed by atoms with Gasteiger partial charge in [-0.1, -0.05) is 42.5 Å². The van der Waals surface area contributed by atoms with Crippen LogP contribution in [-0.4, -0.2) is 15.8 Å². The molecule has 0 saturated carbocycles. The van der Waals surface area contributed by atoms with Crippen LogP contribution in [0.25, 0.3) is 54.7 Å². The zero-order chi connectivity index (χ0) is 18.4. The molecule has 28 heavy (non-hydrogen) atoms. The lowest BCUT2D eigenvalue weighted by Gasteiger charge is -2.02. The monoisotopic (exact) mass is 358 g/mol. The number of benzene rings is 4. The van der Waals surface area contributed by atoms with Gasteiger partial charge in [0, 0.05) is 54.7 Å². The van der Waals surface area contributed by atoms with Crippen LogP contribution in [0.1, 0.15) is 15.9 Å². The molecule has 7 rings (SSSR count). The SMILES string of the molecule is O=C1c2cc3[nH]c4ccccc4c3cc2-c2ccc3[nH]c4ccccc4c3c21. The summed E-state index contributed by atoms with van der Waals surface area (Å²) >= 11 is 0. The first-order valence-corrected chi connectivity index (χ1v) is 9.42. The predicted octanol–water partition coefficient (Wildman–Crippen LogP) is 6.17. The molecule has 0 unspecified atom stereocenters. The number of carbonyl (C=O) groups is 1. The zero-order valence-electron chi connectivity index (χ0n) is 14.8. The van der Waals surface area contributed by atoms with E-state index < -0.39 is 0 Å². The maximum absolute atomic E-state index is 13.5. The molecule has 3 nitrogen and oxygen atoms in total. The topological polar surface area (TPSA) is 48.6 Å². The van der Waals surface area contributed by atoms with Gasteiger partial charge in [-0.25, -0.2) is 0 Å². The van der Waals surface area contributed by atoms with Crippen molar-refractivity contribution in [1.29, 1.82) is 0 Å². The second-order valence-corrected chi connectivity index (χ2v) is 7.52. The van der Waals surface area contributed by atoms with Gasteiger partial charge in [0.15, 0.2) is 5.78 Å². The smallest absolute Gasteiger partial charge is 0.195 e. The molecule has 6 aromatic rings. The van der Waals surface area contributed by atoms with Gasteiger partial charge in [-0.3, -0.25) is 4.79 Å². The molecule has 0 spiro atoms. The van der Waals surface area contributed by atoms with Crippen LogP contribution >= 0.6 is 0 Å². The summed E-state index contributed by atoms with van der Waals surface area (Å²) in [6.45, 7) is 0. The highest BCUT2D eigenvalue weighted by atomic mass is 16.1. The lowest BCUT2D eigenvalue weighted by atomic mass is 10.00. The molecule has 0 radical (unpaired) electrons. The van der Waals surface area contributed by atoms with E-state index in [1.807, 2.05) is 24.3 Å². The molecule has 0 bridgehead atoms. The van der Waals surface area contributed by atoms with Crippen molar-refractivity contribution in [3.63, 3.8) is 0 Å². The van der Waals surface area contributed by atoms with Crippen molar-refractivity contribution in [2.75, 3.05) is 0 Å². The first-order valence-electron chi connectivity index (χ1n) is 9.42. The Morgan fingerprint density at radius 2 is 1.25 bits per heavy atom. The second-order valence-electron chi connectivity index (χ2n) is 7.52. The van der Waals surface area contributed by atoms with Crippen molar-refractivity contribution in [2.24, 2.45) is 0 Å². The number of H-pyrrole nitrogens is 2. The molecule has 0 fully saturated rings. The van der Waals surface area contributed by atoms with Crippen LogP contribution in [0.2, 0.25) is 0 Å². The molecule has 0 amide bonds. The van der Waals surface area contributed by atoms with Crippen molar-refractivity contribution < 1.29 is 4.79 Å². The molecule has 2 N–H and O–H groups in total. The van der Waals surface area contributed by atoms with Crippen molar-refractivity contribution in [2.45, 2.75) is 0 Å². The standard InChI is InChI=1S/C25H14N2O/c28-25-18-12-22-17(13-5-1-3-7-19(13)27-22)11-16(18)14-9-10-21-23(24(14)25)15-6-2-4-8-20(15)26-21/h1-12,26-27H. The number of hydrogen-bond donors (Lipinski definition) is 2. The number of nitrogens with one attached hydrogen (secondary N) is 2. The van der Waals surface area contributed by atoms with Crippen molar-refractivity contribution in [3.8, 4) is 11.1 Å². The molecule has 2 heterocycles. The number of para-hydroxylation sites is 2. The summed E-state index contributed by atoms with van der Waals surface area (Å²) in [6.07, 6.45) is 0. The molecule has 0 atom stereocenters. The van der Waals surface area contributed by atoms with Crippen LogP contribution in [0, 0.1) is 0 Å². The van der Waals surface area contributed by atoms with E-state index in [2.05, 4.69) is 58.5 Å². The number of rotatable bonds is 0. The maximum Gasteiger partial charge on any atom is 0.195 e. The largest absolute Gasteiger partial charge is 0.354 e. The first-order chi connectivity index (χ1) is 13.8. The average Bonchev–Trinajstić information content (AvgIpc) is 3.36. The van der Waals surface area contributed by atoms with E-state index in [4.69, 9.17) is 0 Å². The van der Waals surface area contributed by atoms with Crippen molar-refractivity contribution >= 4 is 49.4 Å². The molecular weight excluding hydrogens is 344 g/mol. The van der Waals surface area contributed by atoms with Gasteiger partial charge in [0.05, 0.1) is 0 Å². The van der Waals surface area contributed by atoms with Gasteiger partial charge in [0.2, 0.25) is 0 Å². The number of aromatic nitrogens is 2. The third kappa shape index (κ3) is 1.58. The third-order valence-electron chi connectivity index (χ3n) is 6.08. The molecular formula is C25H14N2O. The Hall–Kier alpha value is -3.85. The van der Waals surface area contributed by atoms with Crippen LogP contribution in [0.4, 0.5) is 0 Å². The minimum Gasteiger partial charge on any atom is -0.354 e. The van der Waals surface area contributed by atoms with E-state index in [0.717, 1.165) is 60.5 Å². The van der Waals surface area contributed by atoms with Gasteiger partial charge in [-0.05, 0) is 41.5 Å². The first kappa shape index (κ1) is 14.2. The summed E-state index contributed by atoms with van der Waals surface area (Å²) in [5.74, 6) is 0.112. The number of ketones is 1. The van der Waals surface area contributed by atoms with Gasteiger partial charge < -0.3 is 9.97 Å². The Bertz CT molecular complexity index is 1630. The van der Waals surface area contributed by atoms with E-state index in [9.17, 15) is 4.79 Å². The quantitative estimate of drug-likeness (QED) is 0.335. The van der Waals surface area contributed by atoms with Crippen LogP contribution in [0.3, 0.4) is 0 Å². The van der Waals surface area contributed by atoms with Crippen molar-refractivity contribution in [3.05, 3.63) is 83.9 Å². The second kappa shape index (κ2) is 4.70. The number of aromatic amines is 2. The average molecular weight is 358 g/mol. The van der Waals surface area contributed by atoms with Crippen LogP contribution in [-0.2, 0) is 0 Å². The van der Waals surface area contributed by atoms with E-state index in [1.165, 1.54) is 5.39 Å². The Balaban J connectivity index is 1.63. The Labute approximate surface area is 159 Å². The highest BCUT2D eigenvalue weighted by Gasteiger charge is 2.30. The highest BCUT2D eigenvalue weighted by molar-refractivity contribution is 6.32. The van der Waals surface area contributed by atoms with Crippen LogP contribution in [0.5, 0.6) is 0 Å². The zero-order valence-corrected chi connectivity index (χ0v) is 14.8. The molecule has 0 aliphatic heterocycles. The molecule has 1 aliphatic rings. The molecule has 1 aliphatic carbocycles. The number of carbonyl (C=O) groups excluding carboxylic acids is 1. The molecule has 4 aromatic carbocycles. The maximum atomic E-state index is 13.5.